The maximum atomic E-state index is 11.2. The van der Waals surface area contributed by atoms with Crippen LogP contribution in [0.2, 0.25) is 5.02 Å². The molecule has 0 fully saturated rings. The average molecular weight is 241 g/mol. The number of carbonyl (C=O) groups excluding carboxylic acids is 1. The Morgan fingerprint density at radius 1 is 1.56 bits per heavy atom. The van der Waals surface area contributed by atoms with Crippen LogP contribution in [-0.4, -0.2) is 36.9 Å². The van der Waals surface area contributed by atoms with Gasteiger partial charge in [-0.1, -0.05) is 23.7 Å². The van der Waals surface area contributed by atoms with Gasteiger partial charge in [-0.2, -0.15) is 0 Å². The first-order chi connectivity index (χ1) is 7.67. The summed E-state index contributed by atoms with van der Waals surface area (Å²) in [6.45, 7) is -0.316. The van der Waals surface area contributed by atoms with E-state index in [2.05, 4.69) is 10.3 Å². The third kappa shape index (κ3) is 3.64. The molecule has 86 valence electrons. The number of likely N-dealkylation sites (N-methyl/N-ethyl adjacent to an activating group) is 1. The topological polar surface area (TPSA) is 61.7 Å². The van der Waals surface area contributed by atoms with Crippen LogP contribution in [0.1, 0.15) is 5.56 Å². The predicted octanol–water partition coefficient (Wildman–Crippen LogP) is 0.866. The number of carbonyl (C=O) groups is 1. The molecule has 4 nitrogen and oxygen atoms in total. The second kappa shape index (κ2) is 6.25. The zero-order chi connectivity index (χ0) is 12.0. The van der Waals surface area contributed by atoms with Crippen molar-refractivity contribution in [2.24, 2.45) is 4.99 Å². The highest BCUT2D eigenvalue weighted by molar-refractivity contribution is 6.30. The minimum Gasteiger partial charge on any atom is -0.394 e. The highest BCUT2D eigenvalue weighted by Gasteiger charge is 2.12. The van der Waals surface area contributed by atoms with Gasteiger partial charge in [0, 0.05) is 18.3 Å². The number of halogens is 1. The number of rotatable bonds is 4. The van der Waals surface area contributed by atoms with E-state index in [4.69, 9.17) is 16.7 Å². The van der Waals surface area contributed by atoms with Crippen molar-refractivity contribution >= 4 is 23.7 Å². The van der Waals surface area contributed by atoms with Gasteiger partial charge in [0.1, 0.15) is 0 Å². The van der Waals surface area contributed by atoms with Gasteiger partial charge in [0.25, 0.3) is 0 Å². The van der Waals surface area contributed by atoms with E-state index in [0.717, 1.165) is 5.56 Å². The van der Waals surface area contributed by atoms with Crippen molar-refractivity contribution in [2.75, 3.05) is 13.7 Å². The number of aliphatic hydroxyl groups excluding tert-OH is 1. The molecule has 0 radical (unpaired) electrons. The Labute approximate surface area is 99.0 Å². The first-order valence-corrected chi connectivity index (χ1v) is 5.16. The zero-order valence-electron chi connectivity index (χ0n) is 8.85. The molecule has 1 aromatic rings. The number of hydrogen-bond donors (Lipinski definition) is 2. The summed E-state index contributed by atoms with van der Waals surface area (Å²) in [5.41, 5.74) is 0.826. The number of aliphatic hydroxyl groups is 1. The normalized spacial score (nSPS) is 12.7. The molecule has 0 aliphatic carbocycles. The van der Waals surface area contributed by atoms with E-state index in [1.54, 1.807) is 24.3 Å². The van der Waals surface area contributed by atoms with Crippen LogP contribution in [0, 0.1) is 0 Å². The summed E-state index contributed by atoms with van der Waals surface area (Å²) < 4.78 is 0. The first-order valence-electron chi connectivity index (χ1n) is 4.78. The lowest BCUT2D eigenvalue weighted by atomic mass is 10.2. The van der Waals surface area contributed by atoms with E-state index in [9.17, 15) is 4.79 Å². The average Bonchev–Trinajstić information content (AvgIpc) is 2.31. The second-order valence-corrected chi connectivity index (χ2v) is 3.58. The van der Waals surface area contributed by atoms with Crippen LogP contribution in [0.3, 0.4) is 0 Å². The van der Waals surface area contributed by atoms with E-state index >= 15 is 0 Å². The number of hydrogen-bond acceptors (Lipinski definition) is 3. The van der Waals surface area contributed by atoms with Crippen molar-refractivity contribution in [3.05, 3.63) is 34.9 Å². The molecule has 0 saturated heterocycles. The van der Waals surface area contributed by atoms with Gasteiger partial charge in [-0.25, -0.2) is 0 Å². The maximum absolute atomic E-state index is 11.2. The van der Waals surface area contributed by atoms with Gasteiger partial charge in [0.2, 0.25) is 5.91 Å². The van der Waals surface area contributed by atoms with Gasteiger partial charge in [0.05, 0.1) is 6.61 Å². The fourth-order valence-corrected chi connectivity index (χ4v) is 1.22. The van der Waals surface area contributed by atoms with Crippen LogP contribution < -0.4 is 5.32 Å². The summed E-state index contributed by atoms with van der Waals surface area (Å²) in [4.78, 5) is 15.2. The summed E-state index contributed by atoms with van der Waals surface area (Å²) in [5, 5.41) is 12.0. The molecule has 5 heteroatoms. The molecular weight excluding hydrogens is 228 g/mol. The van der Waals surface area contributed by atoms with Gasteiger partial charge >= 0.3 is 0 Å². The van der Waals surface area contributed by atoms with Crippen molar-refractivity contribution in [1.82, 2.24) is 5.32 Å². The van der Waals surface area contributed by atoms with Crippen LogP contribution in [0.5, 0.6) is 0 Å². The molecule has 0 saturated carbocycles. The van der Waals surface area contributed by atoms with Crippen LogP contribution in [0.15, 0.2) is 29.3 Å². The summed E-state index contributed by atoms with van der Waals surface area (Å²) in [7, 11) is 1.50. The summed E-state index contributed by atoms with van der Waals surface area (Å²) in [6, 6.07) is 6.27. The Morgan fingerprint density at radius 2 is 2.19 bits per heavy atom. The van der Waals surface area contributed by atoms with Crippen LogP contribution >= 0.6 is 11.6 Å². The molecule has 2 N–H and O–H groups in total. The van der Waals surface area contributed by atoms with Gasteiger partial charge in [0.15, 0.2) is 6.04 Å². The van der Waals surface area contributed by atoms with Crippen molar-refractivity contribution in [2.45, 2.75) is 6.04 Å². The zero-order valence-corrected chi connectivity index (χ0v) is 9.61. The van der Waals surface area contributed by atoms with E-state index in [-0.39, 0.29) is 12.5 Å². The number of aliphatic imine (C=N–C) groups is 1. The lowest BCUT2D eigenvalue weighted by molar-refractivity contribution is -0.122. The lowest BCUT2D eigenvalue weighted by Gasteiger charge is -2.06. The Bertz CT molecular complexity index is 376. The molecule has 0 aliphatic heterocycles. The number of benzene rings is 1. The molecule has 1 rings (SSSR count). The highest BCUT2D eigenvalue weighted by Crippen LogP contribution is 2.08. The van der Waals surface area contributed by atoms with Gasteiger partial charge in [-0.3, -0.25) is 9.79 Å². The summed E-state index contributed by atoms with van der Waals surface area (Å²) in [6.07, 6.45) is 1.53. The number of amides is 1. The minimum absolute atomic E-state index is 0.312. The molecular formula is C11H13ClN2O2. The lowest BCUT2D eigenvalue weighted by Crippen LogP contribution is -2.33. The van der Waals surface area contributed by atoms with Crippen molar-refractivity contribution in [1.29, 1.82) is 0 Å². The van der Waals surface area contributed by atoms with Crippen molar-refractivity contribution in [3.8, 4) is 0 Å². The molecule has 16 heavy (non-hydrogen) atoms. The van der Waals surface area contributed by atoms with Crippen LogP contribution in [0.25, 0.3) is 0 Å². The van der Waals surface area contributed by atoms with E-state index in [1.165, 1.54) is 13.3 Å². The van der Waals surface area contributed by atoms with Crippen LogP contribution in [0.4, 0.5) is 0 Å². The largest absolute Gasteiger partial charge is 0.394 e. The number of nitrogens with one attached hydrogen (secondary N) is 1. The predicted molar refractivity (Wildman–Crippen MR) is 64.0 cm³/mol. The summed E-state index contributed by atoms with van der Waals surface area (Å²) >= 11 is 5.73. The highest BCUT2D eigenvalue weighted by atomic mass is 35.5. The molecule has 1 aromatic carbocycles. The Hall–Kier alpha value is -1.39. The van der Waals surface area contributed by atoms with E-state index in [0.29, 0.717) is 5.02 Å². The minimum atomic E-state index is -0.763. The van der Waals surface area contributed by atoms with Crippen molar-refractivity contribution in [3.63, 3.8) is 0 Å². The van der Waals surface area contributed by atoms with Gasteiger partial charge in [-0.15, -0.1) is 0 Å². The van der Waals surface area contributed by atoms with E-state index < -0.39 is 6.04 Å². The molecule has 0 heterocycles. The smallest absolute Gasteiger partial charge is 0.246 e. The molecule has 0 aliphatic rings. The Kier molecular flexibility index (Phi) is 4.95. The molecule has 1 atom stereocenters. The standard InChI is InChI=1S/C11H13ClN2O2/c1-13-11(16)10(7-15)14-6-8-2-4-9(12)5-3-8/h2-6,10,15H,7H2,1H3,(H,13,16)/b14-6+/t10-/m0/s1. The van der Waals surface area contributed by atoms with Gasteiger partial charge < -0.3 is 10.4 Å². The quantitative estimate of drug-likeness (QED) is 0.767. The fourth-order valence-electron chi connectivity index (χ4n) is 1.09. The Balaban J connectivity index is 2.71. The molecule has 0 spiro atoms. The third-order valence-electron chi connectivity index (χ3n) is 2.00. The first kappa shape index (κ1) is 12.7. The molecule has 0 bridgehead atoms. The monoisotopic (exact) mass is 240 g/mol. The number of nitrogens with zero attached hydrogens (tertiary/aromatic N) is 1. The summed E-state index contributed by atoms with van der Waals surface area (Å²) in [5.74, 6) is -0.312. The van der Waals surface area contributed by atoms with E-state index in [1.807, 2.05) is 0 Å². The second-order valence-electron chi connectivity index (χ2n) is 3.14. The fraction of sp³-hybridized carbons (Fsp3) is 0.273. The molecule has 1 amide bonds. The SMILES string of the molecule is CNC(=O)[C@H](CO)/N=C/c1ccc(Cl)cc1. The van der Waals surface area contributed by atoms with Gasteiger partial charge in [-0.05, 0) is 17.7 Å². The molecule has 0 unspecified atom stereocenters. The van der Waals surface area contributed by atoms with Crippen LogP contribution in [-0.2, 0) is 4.79 Å². The Morgan fingerprint density at radius 3 is 2.69 bits per heavy atom. The van der Waals surface area contributed by atoms with Crippen molar-refractivity contribution < 1.29 is 9.90 Å². The maximum Gasteiger partial charge on any atom is 0.246 e. The third-order valence-corrected chi connectivity index (χ3v) is 2.25. The molecule has 0 aromatic heterocycles.